The van der Waals surface area contributed by atoms with Crippen LogP contribution >= 0.6 is 11.8 Å². The highest BCUT2D eigenvalue weighted by atomic mass is 32.2. The third-order valence-corrected chi connectivity index (χ3v) is 4.37. The van der Waals surface area contributed by atoms with E-state index in [2.05, 4.69) is 26.0 Å². The highest BCUT2D eigenvalue weighted by Gasteiger charge is 2.22. The number of hydrogen-bond acceptors (Lipinski definition) is 4. The summed E-state index contributed by atoms with van der Waals surface area (Å²) in [6.45, 7) is 0. The van der Waals surface area contributed by atoms with Crippen molar-refractivity contribution in [2.45, 2.75) is 43.3 Å². The molecule has 5 heteroatoms. The predicted molar refractivity (Wildman–Crippen MR) is 77.2 cm³/mol. The van der Waals surface area contributed by atoms with Crippen LogP contribution in [0.4, 0.5) is 0 Å². The minimum atomic E-state index is 0.550. The van der Waals surface area contributed by atoms with Crippen LogP contribution in [0.5, 0.6) is 0 Å². The van der Waals surface area contributed by atoms with Crippen molar-refractivity contribution in [1.82, 2.24) is 19.7 Å². The smallest absolute Gasteiger partial charge is 0.191 e. The van der Waals surface area contributed by atoms with E-state index in [1.165, 1.54) is 32.1 Å². The Labute approximate surface area is 117 Å². The van der Waals surface area contributed by atoms with Gasteiger partial charge in [-0.1, -0.05) is 31.0 Å². The normalized spacial score (nSPS) is 16.7. The summed E-state index contributed by atoms with van der Waals surface area (Å²) in [5.41, 5.74) is 1.10. The fourth-order valence-electron chi connectivity index (χ4n) is 2.78. The molecule has 0 bridgehead atoms. The molecule has 0 amide bonds. The van der Waals surface area contributed by atoms with Crippen LogP contribution in [0.3, 0.4) is 0 Å². The Bertz CT molecular complexity index is 532. The Morgan fingerprint density at radius 3 is 2.53 bits per heavy atom. The molecule has 0 unspecified atom stereocenters. The van der Waals surface area contributed by atoms with Gasteiger partial charge in [0.05, 0.1) is 0 Å². The van der Waals surface area contributed by atoms with Crippen LogP contribution in [0.1, 0.15) is 38.1 Å². The molecule has 3 rings (SSSR count). The molecule has 2 aromatic heterocycles. The van der Waals surface area contributed by atoms with Crippen LogP contribution in [0.2, 0.25) is 0 Å². The number of hydrogen-bond donors (Lipinski definition) is 0. The van der Waals surface area contributed by atoms with Crippen LogP contribution in [0.25, 0.3) is 11.4 Å². The minimum Gasteiger partial charge on any atom is -0.299 e. The summed E-state index contributed by atoms with van der Waals surface area (Å²) in [4.78, 5) is 4.08. The van der Waals surface area contributed by atoms with E-state index in [0.29, 0.717) is 6.04 Å². The largest absolute Gasteiger partial charge is 0.299 e. The summed E-state index contributed by atoms with van der Waals surface area (Å²) in [5, 5.41) is 9.77. The molecule has 1 aliphatic carbocycles. The third-order valence-electron chi connectivity index (χ3n) is 3.73. The highest BCUT2D eigenvalue weighted by molar-refractivity contribution is 7.98. The molecule has 2 aromatic rings. The van der Waals surface area contributed by atoms with Crippen molar-refractivity contribution in [2.75, 3.05) is 6.26 Å². The Balaban J connectivity index is 2.03. The molecular formula is C14H18N4S. The van der Waals surface area contributed by atoms with Gasteiger partial charge in [0.1, 0.15) is 0 Å². The lowest BCUT2D eigenvalue weighted by atomic mass is 9.95. The maximum atomic E-state index is 4.40. The average Bonchev–Trinajstić information content (AvgIpc) is 2.93. The van der Waals surface area contributed by atoms with E-state index in [1.807, 2.05) is 24.5 Å². The van der Waals surface area contributed by atoms with Crippen LogP contribution < -0.4 is 0 Å². The molecule has 0 aliphatic heterocycles. The molecule has 0 atom stereocenters. The van der Waals surface area contributed by atoms with Crippen molar-refractivity contribution < 1.29 is 0 Å². The van der Waals surface area contributed by atoms with Gasteiger partial charge in [0.2, 0.25) is 0 Å². The Morgan fingerprint density at radius 1 is 1.11 bits per heavy atom. The zero-order chi connectivity index (χ0) is 13.1. The first-order valence-electron chi connectivity index (χ1n) is 6.79. The molecule has 19 heavy (non-hydrogen) atoms. The highest BCUT2D eigenvalue weighted by Crippen LogP contribution is 2.34. The second kappa shape index (κ2) is 5.74. The topological polar surface area (TPSA) is 43.6 Å². The van der Waals surface area contributed by atoms with Crippen molar-refractivity contribution in [3.05, 3.63) is 24.5 Å². The van der Waals surface area contributed by atoms with E-state index < -0.39 is 0 Å². The van der Waals surface area contributed by atoms with E-state index >= 15 is 0 Å². The standard InChI is InChI=1S/C14H18N4S/c1-19-14-17-16-13(11-7-9-15-10-8-11)18(14)12-5-3-2-4-6-12/h7-10,12H,2-6H2,1H3. The van der Waals surface area contributed by atoms with E-state index in [9.17, 15) is 0 Å². The van der Waals surface area contributed by atoms with Gasteiger partial charge in [-0.25, -0.2) is 0 Å². The molecular weight excluding hydrogens is 256 g/mol. The van der Waals surface area contributed by atoms with Crippen LogP contribution in [-0.2, 0) is 0 Å². The first kappa shape index (κ1) is 12.7. The maximum absolute atomic E-state index is 4.40. The quantitative estimate of drug-likeness (QED) is 0.803. The van der Waals surface area contributed by atoms with E-state index in [0.717, 1.165) is 16.5 Å². The van der Waals surface area contributed by atoms with Crippen molar-refractivity contribution in [1.29, 1.82) is 0 Å². The summed E-state index contributed by atoms with van der Waals surface area (Å²) in [5.74, 6) is 0.985. The van der Waals surface area contributed by atoms with Gasteiger partial charge in [-0.2, -0.15) is 0 Å². The molecule has 1 aliphatic rings. The lowest BCUT2D eigenvalue weighted by Gasteiger charge is -2.25. The Kier molecular flexibility index (Phi) is 3.82. The summed E-state index contributed by atoms with van der Waals surface area (Å²) in [6.07, 6.45) is 12.2. The first-order valence-corrected chi connectivity index (χ1v) is 8.02. The number of nitrogens with zero attached hydrogens (tertiary/aromatic N) is 4. The molecule has 0 aromatic carbocycles. The molecule has 4 nitrogen and oxygen atoms in total. The molecule has 2 heterocycles. The molecule has 0 radical (unpaired) electrons. The van der Waals surface area contributed by atoms with Crippen molar-refractivity contribution in [2.24, 2.45) is 0 Å². The van der Waals surface area contributed by atoms with Crippen LogP contribution in [0.15, 0.2) is 29.7 Å². The molecule has 0 spiro atoms. The Morgan fingerprint density at radius 2 is 1.84 bits per heavy atom. The van der Waals surface area contributed by atoms with Gasteiger partial charge in [0.25, 0.3) is 0 Å². The van der Waals surface area contributed by atoms with E-state index in [1.54, 1.807) is 11.8 Å². The van der Waals surface area contributed by atoms with Gasteiger partial charge >= 0.3 is 0 Å². The Hall–Kier alpha value is -1.36. The molecule has 0 N–H and O–H groups in total. The minimum absolute atomic E-state index is 0.550. The number of thioether (sulfide) groups is 1. The second-order valence-electron chi connectivity index (χ2n) is 4.91. The summed E-state index contributed by atoms with van der Waals surface area (Å²) < 4.78 is 2.33. The first-order chi connectivity index (χ1) is 9.40. The summed E-state index contributed by atoms with van der Waals surface area (Å²) >= 11 is 1.68. The zero-order valence-corrected chi connectivity index (χ0v) is 11.9. The maximum Gasteiger partial charge on any atom is 0.191 e. The zero-order valence-electron chi connectivity index (χ0n) is 11.1. The van der Waals surface area contributed by atoms with E-state index in [-0.39, 0.29) is 0 Å². The van der Waals surface area contributed by atoms with Crippen LogP contribution in [-0.4, -0.2) is 26.0 Å². The average molecular weight is 274 g/mol. The SMILES string of the molecule is CSc1nnc(-c2ccncc2)n1C1CCCCC1. The van der Waals surface area contributed by atoms with Crippen molar-refractivity contribution >= 4 is 11.8 Å². The van der Waals surface area contributed by atoms with Gasteiger partial charge in [-0.3, -0.25) is 9.55 Å². The van der Waals surface area contributed by atoms with Gasteiger partial charge in [0, 0.05) is 24.0 Å². The monoisotopic (exact) mass is 274 g/mol. The molecule has 0 saturated heterocycles. The van der Waals surface area contributed by atoms with Gasteiger partial charge in [-0.15, -0.1) is 10.2 Å². The lowest BCUT2D eigenvalue weighted by Crippen LogP contribution is -2.15. The number of aromatic nitrogens is 4. The molecule has 1 fully saturated rings. The van der Waals surface area contributed by atoms with Crippen LogP contribution in [0, 0.1) is 0 Å². The second-order valence-corrected chi connectivity index (χ2v) is 5.68. The van der Waals surface area contributed by atoms with E-state index in [4.69, 9.17) is 0 Å². The third kappa shape index (κ3) is 2.52. The molecule has 100 valence electrons. The molecule has 1 saturated carbocycles. The fraction of sp³-hybridized carbons (Fsp3) is 0.500. The van der Waals surface area contributed by atoms with Crippen molar-refractivity contribution in [3.8, 4) is 11.4 Å². The van der Waals surface area contributed by atoms with Gasteiger partial charge in [-0.05, 0) is 31.2 Å². The fourth-order valence-corrected chi connectivity index (χ4v) is 3.34. The lowest BCUT2D eigenvalue weighted by molar-refractivity contribution is 0.339. The number of rotatable bonds is 3. The van der Waals surface area contributed by atoms with Crippen molar-refractivity contribution in [3.63, 3.8) is 0 Å². The number of pyridine rings is 1. The summed E-state index contributed by atoms with van der Waals surface area (Å²) in [6, 6.07) is 4.57. The van der Waals surface area contributed by atoms with Gasteiger partial charge < -0.3 is 0 Å². The summed E-state index contributed by atoms with van der Waals surface area (Å²) in [7, 11) is 0. The predicted octanol–water partition coefficient (Wildman–Crippen LogP) is 3.57. The van der Waals surface area contributed by atoms with Gasteiger partial charge in [0.15, 0.2) is 11.0 Å².